The second kappa shape index (κ2) is 8.47. The Bertz CT molecular complexity index is 1420. The Hall–Kier alpha value is -4.05. The van der Waals surface area contributed by atoms with Crippen molar-refractivity contribution in [1.29, 1.82) is 0 Å². The van der Waals surface area contributed by atoms with Gasteiger partial charge in [-0.1, -0.05) is 18.2 Å². The molecule has 5 rings (SSSR count). The van der Waals surface area contributed by atoms with Crippen LogP contribution >= 0.6 is 0 Å². The highest BCUT2D eigenvalue weighted by Gasteiger charge is 2.19. The van der Waals surface area contributed by atoms with E-state index in [1.54, 1.807) is 24.3 Å². The maximum absolute atomic E-state index is 12.8. The third kappa shape index (κ3) is 4.46. The van der Waals surface area contributed by atoms with Gasteiger partial charge in [0, 0.05) is 24.6 Å². The molecule has 1 amide bonds. The van der Waals surface area contributed by atoms with Gasteiger partial charge in [0.15, 0.2) is 11.5 Å². The van der Waals surface area contributed by atoms with Gasteiger partial charge in [0.25, 0.3) is 15.9 Å². The zero-order valence-corrected chi connectivity index (χ0v) is 18.2. The topological polar surface area (TPSA) is 122 Å². The Kier molecular flexibility index (Phi) is 5.35. The van der Waals surface area contributed by atoms with Gasteiger partial charge in [-0.25, -0.2) is 13.4 Å². The van der Waals surface area contributed by atoms with Crippen LogP contribution in [-0.4, -0.2) is 37.6 Å². The lowest BCUT2D eigenvalue weighted by Gasteiger charge is -2.10. The predicted molar refractivity (Wildman–Crippen MR) is 122 cm³/mol. The third-order valence-electron chi connectivity index (χ3n) is 5.12. The molecule has 0 unspecified atom stereocenters. The monoisotopic (exact) mass is 464 g/mol. The number of ether oxygens (including phenoxy) is 2. The average molecular weight is 465 g/mol. The molecule has 10 heteroatoms. The number of imidazole rings is 1. The van der Waals surface area contributed by atoms with Crippen molar-refractivity contribution >= 4 is 32.7 Å². The molecule has 0 spiro atoms. The molecule has 9 nitrogen and oxygen atoms in total. The van der Waals surface area contributed by atoms with Crippen LogP contribution in [-0.2, 0) is 16.4 Å². The van der Waals surface area contributed by atoms with E-state index < -0.39 is 10.0 Å². The van der Waals surface area contributed by atoms with Crippen LogP contribution in [0, 0.1) is 0 Å². The number of carbonyl (C=O) groups excluding carboxylic acids is 1. The van der Waals surface area contributed by atoms with E-state index in [9.17, 15) is 13.2 Å². The Balaban J connectivity index is 1.24. The van der Waals surface area contributed by atoms with E-state index in [1.165, 1.54) is 18.2 Å². The van der Waals surface area contributed by atoms with Gasteiger partial charge in [-0.2, -0.15) is 0 Å². The van der Waals surface area contributed by atoms with Gasteiger partial charge in [0.1, 0.15) is 5.82 Å². The minimum Gasteiger partial charge on any atom is -0.454 e. The molecule has 0 atom stereocenters. The number of para-hydroxylation sites is 2. The molecule has 3 N–H and O–H groups in total. The Morgan fingerprint density at radius 2 is 1.85 bits per heavy atom. The van der Waals surface area contributed by atoms with Gasteiger partial charge in [-0.3, -0.25) is 9.52 Å². The number of sulfonamides is 1. The molecule has 1 aromatic heterocycles. The number of fused-ring (bicyclic) bond motifs is 2. The number of hydrogen-bond acceptors (Lipinski definition) is 6. The highest BCUT2D eigenvalue weighted by Crippen LogP contribution is 2.34. The number of anilines is 1. The van der Waals surface area contributed by atoms with E-state index in [-0.39, 0.29) is 23.2 Å². The van der Waals surface area contributed by atoms with Crippen LogP contribution in [0.2, 0.25) is 0 Å². The number of aromatic nitrogens is 2. The van der Waals surface area contributed by atoms with Crippen molar-refractivity contribution in [3.8, 4) is 11.5 Å². The zero-order chi connectivity index (χ0) is 22.8. The van der Waals surface area contributed by atoms with Gasteiger partial charge >= 0.3 is 0 Å². The molecule has 3 aromatic carbocycles. The summed E-state index contributed by atoms with van der Waals surface area (Å²) >= 11 is 0. The molecule has 0 aliphatic carbocycles. The number of hydrogen-bond donors (Lipinski definition) is 3. The lowest BCUT2D eigenvalue weighted by Crippen LogP contribution is -2.26. The van der Waals surface area contributed by atoms with Crippen molar-refractivity contribution in [2.45, 2.75) is 11.3 Å². The number of benzene rings is 3. The maximum atomic E-state index is 12.8. The van der Waals surface area contributed by atoms with E-state index in [0.717, 1.165) is 16.9 Å². The van der Waals surface area contributed by atoms with Crippen molar-refractivity contribution in [1.82, 2.24) is 15.3 Å². The molecular formula is C23H20N4O5S. The first-order valence-corrected chi connectivity index (χ1v) is 11.7. The summed E-state index contributed by atoms with van der Waals surface area (Å²) in [5, 5.41) is 2.80. The number of aromatic amines is 1. The molecule has 168 valence electrons. The SMILES string of the molecule is O=C(NCCc1nc2ccccc2[nH]1)c1cccc(S(=O)(=O)Nc2ccc3c(c2)OCO3)c1. The summed E-state index contributed by atoms with van der Waals surface area (Å²) in [5.74, 6) is 1.42. The second-order valence-corrected chi connectivity index (χ2v) is 9.09. The zero-order valence-electron chi connectivity index (χ0n) is 17.4. The van der Waals surface area contributed by atoms with Gasteiger partial charge in [-0.15, -0.1) is 0 Å². The van der Waals surface area contributed by atoms with E-state index in [4.69, 9.17) is 9.47 Å². The van der Waals surface area contributed by atoms with Crippen molar-refractivity contribution in [2.75, 3.05) is 18.1 Å². The number of amides is 1. The number of carbonyl (C=O) groups is 1. The summed E-state index contributed by atoms with van der Waals surface area (Å²) in [6.45, 7) is 0.449. The van der Waals surface area contributed by atoms with E-state index in [0.29, 0.717) is 30.2 Å². The lowest BCUT2D eigenvalue weighted by molar-refractivity contribution is 0.0953. The Morgan fingerprint density at radius 1 is 1.00 bits per heavy atom. The van der Waals surface area contributed by atoms with Gasteiger partial charge in [0.05, 0.1) is 21.6 Å². The summed E-state index contributed by atoms with van der Waals surface area (Å²) in [6.07, 6.45) is 0.518. The highest BCUT2D eigenvalue weighted by atomic mass is 32.2. The minimum absolute atomic E-state index is 0.0231. The molecular weight excluding hydrogens is 444 g/mol. The molecule has 0 bridgehead atoms. The first kappa shape index (κ1) is 20.8. The number of nitrogens with one attached hydrogen (secondary N) is 3. The van der Waals surface area contributed by atoms with Crippen LogP contribution in [0.3, 0.4) is 0 Å². The average Bonchev–Trinajstić information content (AvgIpc) is 3.45. The summed E-state index contributed by atoms with van der Waals surface area (Å²) in [4.78, 5) is 20.3. The number of H-pyrrole nitrogens is 1. The number of nitrogens with zero attached hydrogens (tertiary/aromatic N) is 1. The quantitative estimate of drug-likeness (QED) is 0.386. The molecule has 0 radical (unpaired) electrons. The fraction of sp³-hybridized carbons (Fsp3) is 0.130. The van der Waals surface area contributed by atoms with E-state index in [1.807, 2.05) is 24.3 Å². The maximum Gasteiger partial charge on any atom is 0.261 e. The molecule has 0 saturated carbocycles. The molecule has 0 fully saturated rings. The van der Waals surface area contributed by atoms with E-state index in [2.05, 4.69) is 20.0 Å². The molecule has 0 saturated heterocycles. The van der Waals surface area contributed by atoms with E-state index >= 15 is 0 Å². The molecule has 4 aromatic rings. The second-order valence-electron chi connectivity index (χ2n) is 7.41. The summed E-state index contributed by atoms with van der Waals surface area (Å²) in [7, 11) is -3.91. The van der Waals surface area contributed by atoms with Crippen molar-refractivity contribution in [3.63, 3.8) is 0 Å². The molecule has 1 aliphatic rings. The smallest absolute Gasteiger partial charge is 0.261 e. The first-order chi connectivity index (χ1) is 16.0. The van der Waals surface area contributed by atoms with Crippen LogP contribution in [0.5, 0.6) is 11.5 Å². The van der Waals surface area contributed by atoms with Gasteiger partial charge in [0.2, 0.25) is 6.79 Å². The van der Waals surface area contributed by atoms with Crippen LogP contribution in [0.1, 0.15) is 16.2 Å². The summed E-state index contributed by atoms with van der Waals surface area (Å²) in [6, 6.07) is 18.3. The van der Waals surface area contributed by atoms with Crippen LogP contribution in [0.4, 0.5) is 5.69 Å². The number of rotatable bonds is 7. The fourth-order valence-electron chi connectivity index (χ4n) is 3.50. The van der Waals surface area contributed by atoms with Crippen LogP contribution in [0.15, 0.2) is 71.6 Å². The standard InChI is InChI=1S/C23H20N4O5S/c28-23(24-11-10-22-25-18-6-1-2-7-19(18)26-22)15-4-3-5-17(12-15)33(29,30)27-16-8-9-20-21(13-16)32-14-31-20/h1-9,12-13,27H,10-11,14H2,(H,24,28)(H,25,26). The summed E-state index contributed by atoms with van der Waals surface area (Å²) in [5.41, 5.74) is 2.38. The van der Waals surface area contributed by atoms with Gasteiger partial charge < -0.3 is 19.8 Å². The fourth-order valence-corrected chi connectivity index (χ4v) is 4.59. The van der Waals surface area contributed by atoms with Crippen LogP contribution in [0.25, 0.3) is 11.0 Å². The Labute approximate surface area is 189 Å². The summed E-state index contributed by atoms with van der Waals surface area (Å²) < 4.78 is 38.7. The minimum atomic E-state index is -3.91. The third-order valence-corrected chi connectivity index (χ3v) is 6.50. The molecule has 33 heavy (non-hydrogen) atoms. The largest absolute Gasteiger partial charge is 0.454 e. The normalized spacial score (nSPS) is 12.6. The predicted octanol–water partition coefficient (Wildman–Crippen LogP) is 3.06. The lowest BCUT2D eigenvalue weighted by atomic mass is 10.2. The van der Waals surface area contributed by atoms with Crippen molar-refractivity contribution in [2.24, 2.45) is 0 Å². The highest BCUT2D eigenvalue weighted by molar-refractivity contribution is 7.92. The van der Waals surface area contributed by atoms with Gasteiger partial charge in [-0.05, 0) is 42.5 Å². The van der Waals surface area contributed by atoms with Crippen molar-refractivity contribution < 1.29 is 22.7 Å². The van der Waals surface area contributed by atoms with Crippen molar-refractivity contribution in [3.05, 3.63) is 78.1 Å². The Morgan fingerprint density at radius 3 is 2.73 bits per heavy atom. The van der Waals surface area contributed by atoms with Crippen LogP contribution < -0.4 is 19.5 Å². The molecule has 1 aliphatic heterocycles. The molecule has 2 heterocycles. The first-order valence-electron chi connectivity index (χ1n) is 10.2.